The van der Waals surface area contributed by atoms with Gasteiger partial charge in [-0.3, -0.25) is 14.4 Å². The van der Waals surface area contributed by atoms with Crippen molar-refractivity contribution in [3.63, 3.8) is 0 Å². The summed E-state index contributed by atoms with van der Waals surface area (Å²) in [6.45, 7) is 6.11. The highest BCUT2D eigenvalue weighted by Gasteiger charge is 2.31. The predicted octanol–water partition coefficient (Wildman–Crippen LogP) is 4.16. The van der Waals surface area contributed by atoms with Gasteiger partial charge in [0.05, 0.1) is 24.4 Å². The third-order valence-corrected chi connectivity index (χ3v) is 6.79. The molecule has 3 atom stereocenters. The van der Waals surface area contributed by atoms with Gasteiger partial charge >= 0.3 is 0 Å². The lowest BCUT2D eigenvalue weighted by Crippen LogP contribution is -2.48. The summed E-state index contributed by atoms with van der Waals surface area (Å²) in [5.74, 6) is -0.814. The number of nitrogens with one attached hydrogen (secondary N) is 2. The quantitative estimate of drug-likeness (QED) is 0.447. The molecule has 3 aromatic rings. The number of carbonyl (C=O) groups is 3. The number of imidazole rings is 1. The summed E-state index contributed by atoms with van der Waals surface area (Å²) in [4.78, 5) is 48.5. The number of ketones is 1. The number of hydrogen-bond acceptors (Lipinski definition) is 6. The first kappa shape index (κ1) is 26.2. The van der Waals surface area contributed by atoms with E-state index in [9.17, 15) is 18.8 Å². The number of benzene rings is 1. The molecule has 2 N–H and O–H groups in total. The van der Waals surface area contributed by atoms with E-state index in [-0.39, 0.29) is 48.0 Å². The maximum absolute atomic E-state index is 14.2. The van der Waals surface area contributed by atoms with E-state index in [0.29, 0.717) is 29.4 Å². The molecular formula is C27H32FN5O4. The molecule has 3 heterocycles. The highest BCUT2D eigenvalue weighted by molar-refractivity contribution is 5.98. The highest BCUT2D eigenvalue weighted by atomic mass is 19.1. The molecular weight excluding hydrogens is 477 g/mol. The molecule has 0 saturated carbocycles. The first-order valence-corrected chi connectivity index (χ1v) is 12.6. The molecule has 2 aromatic heterocycles. The van der Waals surface area contributed by atoms with Crippen molar-refractivity contribution >= 4 is 17.6 Å². The molecule has 2 amide bonds. The van der Waals surface area contributed by atoms with Crippen molar-refractivity contribution in [2.45, 2.75) is 70.9 Å². The number of Topliss-reactive ketones (excluding diaryl/α,β-unsaturated/α-hetero) is 1. The number of aromatic nitrogens is 3. The van der Waals surface area contributed by atoms with E-state index in [2.05, 4.69) is 20.4 Å². The summed E-state index contributed by atoms with van der Waals surface area (Å²) in [5.41, 5.74) is 0.935. The molecule has 1 saturated heterocycles. The van der Waals surface area contributed by atoms with Crippen molar-refractivity contribution in [2.75, 3.05) is 6.54 Å². The van der Waals surface area contributed by atoms with Crippen LogP contribution in [0.1, 0.15) is 73.9 Å². The van der Waals surface area contributed by atoms with Gasteiger partial charge in [0.25, 0.3) is 5.91 Å². The third kappa shape index (κ3) is 6.31. The van der Waals surface area contributed by atoms with Gasteiger partial charge < -0.3 is 19.7 Å². The lowest BCUT2D eigenvalue weighted by molar-refractivity contribution is -0.137. The normalized spacial score (nSPS) is 17.3. The standard InChI is InChI=1S/C27H32FN5O4/c1-16(26-29-15-23(30-26)19-9-4-5-10-20(19)28)12-24(34)21(31-27(36)22-13-18(3)37-32-22)14-25(35)33-11-7-6-8-17(33)2/h4-5,9-10,13,15-17,21H,6-8,11-12,14H2,1-3H3,(H,29,30)(H,31,36)/t16-,17+,21+/m1/s1. The molecule has 0 unspecified atom stereocenters. The Morgan fingerprint density at radius 2 is 2.03 bits per heavy atom. The van der Waals surface area contributed by atoms with Gasteiger partial charge in [-0.2, -0.15) is 0 Å². The van der Waals surface area contributed by atoms with Crippen LogP contribution in [0.15, 0.2) is 41.1 Å². The van der Waals surface area contributed by atoms with Crippen molar-refractivity contribution < 1.29 is 23.3 Å². The fourth-order valence-corrected chi connectivity index (χ4v) is 4.66. The van der Waals surface area contributed by atoms with Crippen molar-refractivity contribution in [1.29, 1.82) is 0 Å². The summed E-state index contributed by atoms with van der Waals surface area (Å²) in [6.07, 6.45) is 4.30. The van der Waals surface area contributed by atoms with E-state index in [1.165, 1.54) is 18.3 Å². The number of hydrogen-bond donors (Lipinski definition) is 2. The van der Waals surface area contributed by atoms with Crippen LogP contribution in [0.25, 0.3) is 11.3 Å². The highest BCUT2D eigenvalue weighted by Crippen LogP contribution is 2.25. The van der Waals surface area contributed by atoms with E-state index < -0.39 is 11.9 Å². The number of aryl methyl sites for hydroxylation is 1. The minimum Gasteiger partial charge on any atom is -0.361 e. The zero-order valence-electron chi connectivity index (χ0n) is 21.3. The lowest BCUT2D eigenvalue weighted by atomic mass is 9.96. The van der Waals surface area contributed by atoms with Crippen LogP contribution >= 0.6 is 0 Å². The number of amides is 2. The summed E-state index contributed by atoms with van der Waals surface area (Å²) < 4.78 is 19.2. The minimum absolute atomic E-state index is 0.0237. The topological polar surface area (TPSA) is 121 Å². The second-order valence-corrected chi connectivity index (χ2v) is 9.72. The van der Waals surface area contributed by atoms with Crippen LogP contribution in [0.5, 0.6) is 0 Å². The molecule has 0 aliphatic carbocycles. The van der Waals surface area contributed by atoms with Crippen LogP contribution in [0.4, 0.5) is 4.39 Å². The van der Waals surface area contributed by atoms with Crippen LogP contribution in [-0.4, -0.2) is 56.3 Å². The van der Waals surface area contributed by atoms with Crippen molar-refractivity contribution in [2.24, 2.45) is 0 Å². The number of nitrogens with zero attached hydrogens (tertiary/aromatic N) is 3. The molecule has 10 heteroatoms. The van der Waals surface area contributed by atoms with Crippen LogP contribution in [0.2, 0.25) is 0 Å². The monoisotopic (exact) mass is 509 g/mol. The summed E-state index contributed by atoms with van der Waals surface area (Å²) in [6, 6.07) is 6.88. The Hall–Kier alpha value is -3.82. The van der Waals surface area contributed by atoms with Gasteiger partial charge in [-0.15, -0.1) is 0 Å². The van der Waals surface area contributed by atoms with Crippen LogP contribution < -0.4 is 5.32 Å². The molecule has 196 valence electrons. The number of halogens is 1. The van der Waals surface area contributed by atoms with E-state index in [1.807, 2.05) is 13.8 Å². The largest absolute Gasteiger partial charge is 0.361 e. The minimum atomic E-state index is -1.03. The molecule has 37 heavy (non-hydrogen) atoms. The second-order valence-electron chi connectivity index (χ2n) is 9.72. The zero-order valence-corrected chi connectivity index (χ0v) is 21.3. The SMILES string of the molecule is Cc1cc(C(=O)N[C@@H](CC(=O)N2CCCC[C@@H]2C)C(=O)C[C@@H](C)c2ncc(-c3ccccc3F)[nH]2)no1. The van der Waals surface area contributed by atoms with Gasteiger partial charge in [0.15, 0.2) is 11.5 Å². The smallest absolute Gasteiger partial charge is 0.274 e. The van der Waals surface area contributed by atoms with Crippen LogP contribution in [0, 0.1) is 12.7 Å². The van der Waals surface area contributed by atoms with E-state index >= 15 is 0 Å². The van der Waals surface area contributed by atoms with Gasteiger partial charge in [-0.25, -0.2) is 9.37 Å². The van der Waals surface area contributed by atoms with Gasteiger partial charge in [-0.1, -0.05) is 24.2 Å². The Labute approximate surface area is 214 Å². The average molecular weight is 510 g/mol. The second kappa shape index (κ2) is 11.5. The first-order chi connectivity index (χ1) is 17.7. The molecule has 1 fully saturated rings. The maximum atomic E-state index is 14.2. The summed E-state index contributed by atoms with van der Waals surface area (Å²) in [5, 5.41) is 6.40. The molecule has 1 aliphatic heterocycles. The van der Waals surface area contributed by atoms with E-state index in [4.69, 9.17) is 4.52 Å². The number of likely N-dealkylation sites (tertiary alicyclic amines) is 1. The van der Waals surface area contributed by atoms with Gasteiger partial charge in [0, 0.05) is 36.6 Å². The number of rotatable bonds is 9. The molecule has 4 rings (SSSR count). The van der Waals surface area contributed by atoms with Crippen molar-refractivity contribution in [3.05, 3.63) is 59.6 Å². The molecule has 0 spiro atoms. The van der Waals surface area contributed by atoms with E-state index in [0.717, 1.165) is 19.3 Å². The Kier molecular flexibility index (Phi) is 8.15. The fourth-order valence-electron chi connectivity index (χ4n) is 4.66. The average Bonchev–Trinajstić information content (AvgIpc) is 3.53. The summed E-state index contributed by atoms with van der Waals surface area (Å²) >= 11 is 0. The molecule has 0 radical (unpaired) electrons. The maximum Gasteiger partial charge on any atom is 0.274 e. The summed E-state index contributed by atoms with van der Waals surface area (Å²) in [7, 11) is 0. The van der Waals surface area contributed by atoms with Gasteiger partial charge in [0.1, 0.15) is 17.4 Å². The fraction of sp³-hybridized carbons (Fsp3) is 0.444. The van der Waals surface area contributed by atoms with Gasteiger partial charge in [0.2, 0.25) is 5.91 Å². The van der Waals surface area contributed by atoms with Gasteiger partial charge in [-0.05, 0) is 45.2 Å². The van der Waals surface area contributed by atoms with Crippen molar-refractivity contribution in [1.82, 2.24) is 25.3 Å². The third-order valence-electron chi connectivity index (χ3n) is 6.79. The Morgan fingerprint density at radius 3 is 2.73 bits per heavy atom. The predicted molar refractivity (Wildman–Crippen MR) is 134 cm³/mol. The molecule has 0 bridgehead atoms. The Morgan fingerprint density at radius 1 is 1.24 bits per heavy atom. The lowest BCUT2D eigenvalue weighted by Gasteiger charge is -2.34. The number of H-pyrrole nitrogens is 1. The van der Waals surface area contributed by atoms with Crippen molar-refractivity contribution in [3.8, 4) is 11.3 Å². The molecule has 9 nitrogen and oxygen atoms in total. The molecule has 1 aliphatic rings. The zero-order chi connectivity index (χ0) is 26.5. The molecule has 1 aromatic carbocycles. The Balaban J connectivity index is 1.48. The number of carbonyl (C=O) groups excluding carboxylic acids is 3. The number of aromatic amines is 1. The van der Waals surface area contributed by atoms with Crippen LogP contribution in [-0.2, 0) is 9.59 Å². The Bertz CT molecular complexity index is 1270. The first-order valence-electron chi connectivity index (χ1n) is 12.6. The van der Waals surface area contributed by atoms with E-state index in [1.54, 1.807) is 30.0 Å². The number of piperidine rings is 1. The van der Waals surface area contributed by atoms with Crippen LogP contribution in [0.3, 0.4) is 0 Å².